The van der Waals surface area contributed by atoms with Crippen LogP contribution in [-0.4, -0.2) is 6.54 Å². The number of hydrogen-bond acceptors (Lipinski definition) is 0. The van der Waals surface area contributed by atoms with Crippen molar-refractivity contribution in [2.24, 2.45) is 0 Å². The number of aryl methyl sites for hydroxylation is 1. The highest BCUT2D eigenvalue weighted by Gasteiger charge is 2.40. The Balaban J connectivity index is 2.49. The Hall–Kier alpha value is -1.50. The van der Waals surface area contributed by atoms with Gasteiger partial charge in [-0.3, -0.25) is 0 Å². The quantitative estimate of drug-likeness (QED) is 0.681. The van der Waals surface area contributed by atoms with Crippen LogP contribution in [0.1, 0.15) is 42.4 Å². The Morgan fingerprint density at radius 2 is 1.84 bits per heavy atom. The molecule has 0 heterocycles. The molecular weight excluding hydrogens is 251 g/mol. The minimum atomic E-state index is -4.32. The Kier molecular flexibility index (Phi) is 3.58. The van der Waals surface area contributed by atoms with Crippen LogP contribution in [0.5, 0.6) is 0 Å². The molecule has 0 saturated heterocycles. The van der Waals surface area contributed by atoms with Crippen molar-refractivity contribution in [1.82, 2.24) is 0 Å². The fourth-order valence-corrected chi connectivity index (χ4v) is 2.99. The minimum absolute atomic E-state index is 0.285. The van der Waals surface area contributed by atoms with Crippen molar-refractivity contribution < 1.29 is 13.2 Å². The highest BCUT2D eigenvalue weighted by molar-refractivity contribution is 5.37. The minimum Gasteiger partial charge on any atom is -0.316 e. The zero-order valence-electron chi connectivity index (χ0n) is 10.8. The molecule has 19 heavy (non-hydrogen) atoms. The third kappa shape index (κ3) is 2.75. The van der Waals surface area contributed by atoms with Crippen LogP contribution in [0, 0.1) is 13.5 Å². The molecule has 0 N–H and O–H groups in total. The van der Waals surface area contributed by atoms with Gasteiger partial charge in [0.1, 0.15) is 0 Å². The van der Waals surface area contributed by atoms with E-state index in [0.29, 0.717) is 11.1 Å². The van der Waals surface area contributed by atoms with Gasteiger partial charge < -0.3 is 4.85 Å². The second-order valence-electron chi connectivity index (χ2n) is 5.39. The SMILES string of the molecule is [C-]#[N+]CC1(c2cc(C)cc(C(F)(F)F)c2)CCCC1. The van der Waals surface area contributed by atoms with Crippen LogP contribution in [0.3, 0.4) is 0 Å². The van der Waals surface area contributed by atoms with E-state index in [1.807, 2.05) is 6.07 Å². The summed E-state index contributed by atoms with van der Waals surface area (Å²) < 4.78 is 38.7. The van der Waals surface area contributed by atoms with Gasteiger partial charge in [0.25, 0.3) is 0 Å². The summed E-state index contributed by atoms with van der Waals surface area (Å²) in [5, 5.41) is 0. The summed E-state index contributed by atoms with van der Waals surface area (Å²) >= 11 is 0. The predicted molar refractivity (Wildman–Crippen MR) is 67.8 cm³/mol. The van der Waals surface area contributed by atoms with Crippen molar-refractivity contribution in [3.05, 3.63) is 46.3 Å². The van der Waals surface area contributed by atoms with Gasteiger partial charge in [-0.25, -0.2) is 6.57 Å². The van der Waals surface area contributed by atoms with E-state index in [2.05, 4.69) is 4.85 Å². The summed E-state index contributed by atoms with van der Waals surface area (Å²) in [5.41, 5.74) is 0.335. The number of benzene rings is 1. The second-order valence-corrected chi connectivity index (χ2v) is 5.39. The lowest BCUT2D eigenvalue weighted by Gasteiger charge is -2.25. The lowest BCUT2D eigenvalue weighted by Crippen LogP contribution is -2.26. The maximum absolute atomic E-state index is 12.9. The van der Waals surface area contributed by atoms with Gasteiger partial charge in [0.2, 0.25) is 6.54 Å². The molecule has 102 valence electrons. The molecule has 4 heteroatoms. The van der Waals surface area contributed by atoms with Crippen molar-refractivity contribution in [2.45, 2.75) is 44.2 Å². The summed E-state index contributed by atoms with van der Waals surface area (Å²) in [7, 11) is 0. The molecule has 0 bridgehead atoms. The molecule has 0 unspecified atom stereocenters. The lowest BCUT2D eigenvalue weighted by molar-refractivity contribution is -0.137. The molecule has 1 nitrogen and oxygen atoms in total. The second kappa shape index (κ2) is 4.88. The molecule has 0 aliphatic heterocycles. The van der Waals surface area contributed by atoms with Crippen LogP contribution in [-0.2, 0) is 11.6 Å². The first kappa shape index (κ1) is 13.9. The fourth-order valence-electron chi connectivity index (χ4n) is 2.99. The molecule has 0 amide bonds. The van der Waals surface area contributed by atoms with E-state index in [4.69, 9.17) is 6.57 Å². The Bertz CT molecular complexity index is 505. The number of nitrogens with zero attached hydrogens (tertiary/aromatic N) is 1. The summed E-state index contributed by atoms with van der Waals surface area (Å²) in [6.07, 6.45) is -0.708. The van der Waals surface area contributed by atoms with Gasteiger partial charge in [-0.05, 0) is 37.5 Å². The molecule has 0 spiro atoms. The molecule has 0 radical (unpaired) electrons. The average Bonchev–Trinajstić information content (AvgIpc) is 2.77. The molecule has 2 rings (SSSR count). The average molecular weight is 267 g/mol. The first-order chi connectivity index (χ1) is 8.87. The fraction of sp³-hybridized carbons (Fsp3) is 0.533. The Labute approximate surface area is 111 Å². The Morgan fingerprint density at radius 3 is 2.37 bits per heavy atom. The zero-order chi connectivity index (χ0) is 14.1. The summed E-state index contributed by atoms with van der Waals surface area (Å²) in [6.45, 7) is 9.04. The lowest BCUT2D eigenvalue weighted by atomic mass is 9.78. The first-order valence-corrected chi connectivity index (χ1v) is 6.40. The van der Waals surface area contributed by atoms with Gasteiger partial charge in [-0.15, -0.1) is 0 Å². The van der Waals surface area contributed by atoms with Crippen molar-refractivity contribution in [1.29, 1.82) is 0 Å². The number of rotatable bonds is 2. The van der Waals surface area contributed by atoms with E-state index in [1.165, 1.54) is 12.1 Å². The summed E-state index contributed by atoms with van der Waals surface area (Å²) in [4.78, 5) is 3.46. The monoisotopic (exact) mass is 267 g/mol. The topological polar surface area (TPSA) is 4.36 Å². The van der Waals surface area contributed by atoms with E-state index in [0.717, 1.165) is 25.7 Å². The van der Waals surface area contributed by atoms with Crippen LogP contribution in [0.25, 0.3) is 4.85 Å². The van der Waals surface area contributed by atoms with Gasteiger partial charge in [0, 0.05) is 0 Å². The highest BCUT2D eigenvalue weighted by atomic mass is 19.4. The van der Waals surface area contributed by atoms with Gasteiger partial charge >= 0.3 is 6.18 Å². The largest absolute Gasteiger partial charge is 0.416 e. The Morgan fingerprint density at radius 1 is 1.21 bits per heavy atom. The van der Waals surface area contributed by atoms with Crippen molar-refractivity contribution >= 4 is 0 Å². The molecule has 0 aromatic heterocycles. The molecule has 1 aromatic rings. The van der Waals surface area contributed by atoms with E-state index in [-0.39, 0.29) is 12.0 Å². The zero-order valence-corrected chi connectivity index (χ0v) is 10.8. The summed E-state index contributed by atoms with van der Waals surface area (Å²) in [5.74, 6) is 0. The maximum Gasteiger partial charge on any atom is 0.416 e. The summed E-state index contributed by atoms with van der Waals surface area (Å²) in [6, 6.07) is 4.22. The van der Waals surface area contributed by atoms with Gasteiger partial charge in [-0.1, -0.05) is 24.5 Å². The van der Waals surface area contributed by atoms with E-state index < -0.39 is 11.7 Å². The van der Waals surface area contributed by atoms with Crippen LogP contribution in [0.15, 0.2) is 18.2 Å². The van der Waals surface area contributed by atoms with Crippen molar-refractivity contribution in [3.63, 3.8) is 0 Å². The van der Waals surface area contributed by atoms with Gasteiger partial charge in [0.15, 0.2) is 0 Å². The number of halogens is 3. The normalized spacial score (nSPS) is 18.3. The molecule has 0 atom stereocenters. The van der Waals surface area contributed by atoms with Crippen molar-refractivity contribution in [3.8, 4) is 0 Å². The van der Waals surface area contributed by atoms with Crippen LogP contribution in [0.2, 0.25) is 0 Å². The maximum atomic E-state index is 12.9. The third-order valence-corrected chi connectivity index (χ3v) is 3.96. The van der Waals surface area contributed by atoms with Crippen molar-refractivity contribution in [2.75, 3.05) is 6.54 Å². The predicted octanol–water partition coefficient (Wildman–Crippen LogP) is 4.74. The van der Waals surface area contributed by atoms with Crippen LogP contribution in [0.4, 0.5) is 13.2 Å². The molecule has 1 aliphatic carbocycles. The van der Waals surface area contributed by atoms with E-state index in [9.17, 15) is 13.2 Å². The molecule has 1 aliphatic rings. The molecule has 1 aromatic carbocycles. The standard InChI is InChI=1S/C15H16F3N/c1-11-7-12(9-13(8-11)15(16,17)18)14(10-19-2)5-3-4-6-14/h7-9H,3-6,10H2,1H3. The van der Waals surface area contributed by atoms with Crippen LogP contribution < -0.4 is 0 Å². The van der Waals surface area contributed by atoms with E-state index >= 15 is 0 Å². The smallest absolute Gasteiger partial charge is 0.316 e. The number of hydrogen-bond donors (Lipinski definition) is 0. The molecule has 1 saturated carbocycles. The van der Waals surface area contributed by atoms with Gasteiger partial charge in [-0.2, -0.15) is 13.2 Å². The number of alkyl halides is 3. The first-order valence-electron chi connectivity index (χ1n) is 6.40. The van der Waals surface area contributed by atoms with Gasteiger partial charge in [0.05, 0.1) is 11.0 Å². The highest BCUT2D eigenvalue weighted by Crippen LogP contribution is 2.43. The van der Waals surface area contributed by atoms with Crippen LogP contribution >= 0.6 is 0 Å². The third-order valence-electron chi connectivity index (χ3n) is 3.96. The van der Waals surface area contributed by atoms with E-state index in [1.54, 1.807) is 6.92 Å². The molecule has 1 fully saturated rings. The molecular formula is C15H16F3N.